The second-order valence-electron chi connectivity index (χ2n) is 7.16. The summed E-state index contributed by atoms with van der Waals surface area (Å²) >= 11 is 0. The van der Waals surface area contributed by atoms with Crippen LogP contribution in [0.15, 0.2) is 60.7 Å². The minimum Gasteiger partial charge on any atom is -0.338 e. The molecule has 1 saturated heterocycles. The van der Waals surface area contributed by atoms with E-state index < -0.39 is 0 Å². The Hall–Kier alpha value is -2.57. The molecule has 0 aliphatic carbocycles. The summed E-state index contributed by atoms with van der Waals surface area (Å²) in [7, 11) is 0. The van der Waals surface area contributed by atoms with Gasteiger partial charge in [-0.1, -0.05) is 48.5 Å². The Bertz CT molecular complexity index is 773. The van der Waals surface area contributed by atoms with Crippen molar-refractivity contribution in [1.29, 1.82) is 0 Å². The van der Waals surface area contributed by atoms with E-state index in [0.29, 0.717) is 13.1 Å². The van der Waals surface area contributed by atoms with Gasteiger partial charge in [0.2, 0.25) is 5.91 Å². The van der Waals surface area contributed by atoms with Crippen molar-refractivity contribution in [2.75, 3.05) is 18.4 Å². The zero-order valence-electron chi connectivity index (χ0n) is 16.4. The highest BCUT2D eigenvalue weighted by molar-refractivity contribution is 5.89. The molecule has 0 saturated carbocycles. The quantitative estimate of drug-likeness (QED) is 0.670. The van der Waals surface area contributed by atoms with E-state index >= 15 is 0 Å². The van der Waals surface area contributed by atoms with Crippen LogP contribution in [-0.4, -0.2) is 36.0 Å². The second-order valence-corrected chi connectivity index (χ2v) is 7.16. The number of nitrogens with two attached hydrogens (primary N) is 1. The zero-order chi connectivity index (χ0) is 19.8. The third-order valence-electron chi connectivity index (χ3n) is 5.10. The van der Waals surface area contributed by atoms with Gasteiger partial charge in [-0.25, -0.2) is 4.79 Å². The number of hydrogen-bond acceptors (Lipinski definition) is 3. The summed E-state index contributed by atoms with van der Waals surface area (Å²) in [5, 5.41) is 5.70. The van der Waals surface area contributed by atoms with Gasteiger partial charge in [-0.3, -0.25) is 4.79 Å². The lowest BCUT2D eigenvalue weighted by molar-refractivity contribution is -0.135. The molecule has 4 N–H and O–H groups in total. The van der Waals surface area contributed by atoms with Crippen molar-refractivity contribution in [2.45, 2.75) is 37.8 Å². The van der Waals surface area contributed by atoms with Gasteiger partial charge in [0.25, 0.3) is 0 Å². The summed E-state index contributed by atoms with van der Waals surface area (Å²) in [5.74, 6) is 0.0475. The number of piperidine rings is 1. The molecule has 1 fully saturated rings. The summed E-state index contributed by atoms with van der Waals surface area (Å²) in [6.07, 6.45) is 3.20. The van der Waals surface area contributed by atoms with Gasteiger partial charge in [-0.2, -0.15) is 0 Å². The third kappa shape index (κ3) is 6.76. The van der Waals surface area contributed by atoms with E-state index in [9.17, 15) is 9.59 Å². The fourth-order valence-corrected chi connectivity index (χ4v) is 3.57. The van der Waals surface area contributed by atoms with Gasteiger partial charge in [-0.05, 0) is 37.0 Å². The molecule has 156 valence electrons. The second kappa shape index (κ2) is 11.4. The van der Waals surface area contributed by atoms with Crippen LogP contribution in [0.1, 0.15) is 37.3 Å². The summed E-state index contributed by atoms with van der Waals surface area (Å²) in [6.45, 7) is 1.15. The Balaban J connectivity index is 0.00000300. The number of urea groups is 1. The minimum absolute atomic E-state index is 0. The van der Waals surface area contributed by atoms with Crippen LogP contribution >= 0.6 is 12.4 Å². The van der Waals surface area contributed by atoms with E-state index in [1.807, 2.05) is 65.6 Å². The van der Waals surface area contributed by atoms with Crippen molar-refractivity contribution in [3.8, 4) is 0 Å². The average molecular weight is 417 g/mol. The lowest BCUT2D eigenvalue weighted by atomic mass is 9.99. The summed E-state index contributed by atoms with van der Waals surface area (Å²) < 4.78 is 0. The molecular formula is C22H29ClN4O2. The fraction of sp³-hybridized carbons (Fsp3) is 0.364. The standard InChI is InChI=1S/C22H28N4O2.ClH/c23-20(17-9-3-1-4-10-17)15-21(27)26-14-8-7-13-19(26)16-24-22(28)25-18-11-5-2-6-12-18;/h1-6,9-12,19-20H,7-8,13-16,23H2,(H2,24,25,28);1H. The normalized spacial score (nSPS) is 17.0. The number of halogens is 1. The molecule has 6 nitrogen and oxygen atoms in total. The van der Waals surface area contributed by atoms with E-state index in [0.717, 1.165) is 30.5 Å². The molecule has 0 aromatic heterocycles. The topological polar surface area (TPSA) is 87.5 Å². The Kier molecular flexibility index (Phi) is 8.96. The Morgan fingerprint density at radius 3 is 2.38 bits per heavy atom. The van der Waals surface area contributed by atoms with Crippen molar-refractivity contribution >= 4 is 30.0 Å². The van der Waals surface area contributed by atoms with E-state index in [2.05, 4.69) is 10.6 Å². The molecule has 7 heteroatoms. The Morgan fingerprint density at radius 2 is 1.69 bits per heavy atom. The van der Waals surface area contributed by atoms with Crippen LogP contribution < -0.4 is 16.4 Å². The molecule has 1 aliphatic heterocycles. The van der Waals surface area contributed by atoms with Crippen LogP contribution in [0.25, 0.3) is 0 Å². The van der Waals surface area contributed by atoms with E-state index in [1.165, 1.54) is 0 Å². The SMILES string of the molecule is Cl.NC(CC(=O)N1CCCCC1CNC(=O)Nc1ccccc1)c1ccccc1. The molecule has 1 heterocycles. The molecule has 29 heavy (non-hydrogen) atoms. The van der Waals surface area contributed by atoms with Gasteiger partial charge < -0.3 is 21.3 Å². The van der Waals surface area contributed by atoms with Crippen LogP contribution in [0.5, 0.6) is 0 Å². The molecule has 2 atom stereocenters. The maximum atomic E-state index is 12.8. The number of carbonyl (C=O) groups is 2. The number of nitrogens with zero attached hydrogens (tertiary/aromatic N) is 1. The predicted molar refractivity (Wildman–Crippen MR) is 118 cm³/mol. The van der Waals surface area contributed by atoms with Crippen molar-refractivity contribution in [1.82, 2.24) is 10.2 Å². The first-order valence-electron chi connectivity index (χ1n) is 9.83. The monoisotopic (exact) mass is 416 g/mol. The smallest absolute Gasteiger partial charge is 0.319 e. The van der Waals surface area contributed by atoms with Crippen molar-refractivity contribution < 1.29 is 9.59 Å². The highest BCUT2D eigenvalue weighted by Gasteiger charge is 2.28. The largest absolute Gasteiger partial charge is 0.338 e. The van der Waals surface area contributed by atoms with Crippen LogP contribution in [0, 0.1) is 0 Å². The summed E-state index contributed by atoms with van der Waals surface area (Å²) in [6, 6.07) is 18.4. The van der Waals surface area contributed by atoms with Gasteiger partial charge in [-0.15, -0.1) is 12.4 Å². The number of likely N-dealkylation sites (tertiary alicyclic amines) is 1. The number of carbonyl (C=O) groups excluding carboxylic acids is 2. The van der Waals surface area contributed by atoms with E-state index in [4.69, 9.17) is 5.73 Å². The fourth-order valence-electron chi connectivity index (χ4n) is 3.57. The van der Waals surface area contributed by atoms with Gasteiger partial charge in [0, 0.05) is 37.3 Å². The highest BCUT2D eigenvalue weighted by Crippen LogP contribution is 2.21. The number of hydrogen-bond donors (Lipinski definition) is 3. The van der Waals surface area contributed by atoms with Crippen molar-refractivity contribution in [3.05, 3.63) is 66.2 Å². The average Bonchev–Trinajstić information content (AvgIpc) is 2.73. The molecule has 2 aromatic rings. The van der Waals surface area contributed by atoms with Gasteiger partial charge in [0.15, 0.2) is 0 Å². The van der Waals surface area contributed by atoms with Crippen LogP contribution in [-0.2, 0) is 4.79 Å². The summed E-state index contributed by atoms with van der Waals surface area (Å²) in [4.78, 5) is 26.9. The van der Waals surface area contributed by atoms with Crippen molar-refractivity contribution in [3.63, 3.8) is 0 Å². The Labute approximate surface area is 178 Å². The molecule has 2 unspecified atom stereocenters. The molecule has 1 aliphatic rings. The molecule has 0 bridgehead atoms. The molecular weight excluding hydrogens is 388 g/mol. The van der Waals surface area contributed by atoms with Gasteiger partial charge >= 0.3 is 6.03 Å². The molecule has 3 rings (SSSR count). The lowest BCUT2D eigenvalue weighted by Crippen LogP contribution is -2.50. The Morgan fingerprint density at radius 1 is 1.03 bits per heavy atom. The first-order chi connectivity index (χ1) is 13.6. The summed E-state index contributed by atoms with van der Waals surface area (Å²) in [5.41, 5.74) is 7.93. The first-order valence-corrected chi connectivity index (χ1v) is 9.83. The van der Waals surface area contributed by atoms with Crippen LogP contribution in [0.3, 0.4) is 0 Å². The third-order valence-corrected chi connectivity index (χ3v) is 5.10. The number of benzene rings is 2. The zero-order valence-corrected chi connectivity index (χ0v) is 17.2. The van der Waals surface area contributed by atoms with Crippen LogP contribution in [0.2, 0.25) is 0 Å². The maximum absolute atomic E-state index is 12.8. The number of amides is 3. The van der Waals surface area contributed by atoms with Crippen LogP contribution in [0.4, 0.5) is 10.5 Å². The van der Waals surface area contributed by atoms with Crippen molar-refractivity contribution in [2.24, 2.45) is 5.73 Å². The minimum atomic E-state index is -0.314. The molecule has 2 aromatic carbocycles. The molecule has 3 amide bonds. The van der Waals surface area contributed by atoms with E-state index in [-0.39, 0.29) is 42.8 Å². The number of para-hydroxylation sites is 1. The highest BCUT2D eigenvalue weighted by atomic mass is 35.5. The maximum Gasteiger partial charge on any atom is 0.319 e. The number of anilines is 1. The van der Waals surface area contributed by atoms with Gasteiger partial charge in [0.1, 0.15) is 0 Å². The van der Waals surface area contributed by atoms with E-state index in [1.54, 1.807) is 0 Å². The number of rotatable bonds is 6. The first kappa shape index (κ1) is 22.7. The molecule has 0 spiro atoms. The number of nitrogens with one attached hydrogen (secondary N) is 2. The predicted octanol–water partition coefficient (Wildman–Crippen LogP) is 3.70. The lowest BCUT2D eigenvalue weighted by Gasteiger charge is -2.36. The van der Waals surface area contributed by atoms with Gasteiger partial charge in [0.05, 0.1) is 0 Å². The molecule has 0 radical (unpaired) electrons.